The van der Waals surface area contributed by atoms with Crippen LogP contribution in [0.5, 0.6) is 0 Å². The van der Waals surface area contributed by atoms with Crippen LogP contribution in [0.1, 0.15) is 0 Å². The first-order valence-corrected chi connectivity index (χ1v) is 13.1. The number of primary amides is 1. The second-order valence-electron chi connectivity index (χ2n) is 10.5. The van der Waals surface area contributed by atoms with Crippen molar-refractivity contribution < 1.29 is 4.79 Å². The summed E-state index contributed by atoms with van der Waals surface area (Å²) in [6, 6.07) is 28.6. The molecule has 10 rings (SSSR count). The summed E-state index contributed by atoms with van der Waals surface area (Å²) in [6.07, 6.45) is 0. The number of amides is 2. The first-order valence-electron chi connectivity index (χ1n) is 12.4. The van der Waals surface area contributed by atoms with Crippen molar-refractivity contribution in [1.29, 1.82) is 0 Å². The Morgan fingerprint density at radius 1 is 0.486 bits per heavy atom. The molecule has 0 radical (unpaired) electrons. The molecule has 170 valence electrons. The van der Waals surface area contributed by atoms with Gasteiger partial charge in [0, 0.05) is 10.8 Å². The second kappa shape index (κ2) is 5.77. The molecule has 3 nitrogen and oxygen atoms in total. The number of urea groups is 1. The van der Waals surface area contributed by atoms with Crippen molar-refractivity contribution in [1.82, 2.24) is 0 Å². The molecule has 0 aliphatic carbocycles. The standard InChI is InChI=1S/C33H15BrN2O/c34-36(33(35)37)22-13-20-10-6-16-4-8-18-11-17-7-3-14-1-2-15-5-9-19-12-21(22)30-26(20)25(16)28(18)31-27(17)23(14)24(15)29(19)32(30)31/h1-13H,(H2,35,37). The third kappa shape index (κ3) is 1.90. The molecule has 0 saturated heterocycles. The van der Waals surface area contributed by atoms with Gasteiger partial charge in [0.25, 0.3) is 0 Å². The van der Waals surface area contributed by atoms with Crippen LogP contribution in [-0.4, -0.2) is 6.03 Å². The Kier molecular flexibility index (Phi) is 2.93. The van der Waals surface area contributed by atoms with Gasteiger partial charge in [0.1, 0.15) is 0 Å². The molecule has 0 aliphatic heterocycles. The van der Waals surface area contributed by atoms with Crippen LogP contribution in [0.4, 0.5) is 10.5 Å². The summed E-state index contributed by atoms with van der Waals surface area (Å²) in [4.78, 5) is 12.4. The quantitative estimate of drug-likeness (QED) is 0.127. The lowest BCUT2D eigenvalue weighted by Crippen LogP contribution is -2.26. The first kappa shape index (κ1) is 18.8. The Morgan fingerprint density at radius 3 is 1.32 bits per heavy atom. The van der Waals surface area contributed by atoms with Crippen molar-refractivity contribution in [3.05, 3.63) is 78.9 Å². The van der Waals surface area contributed by atoms with Gasteiger partial charge in [0.2, 0.25) is 0 Å². The molecule has 37 heavy (non-hydrogen) atoms. The zero-order valence-electron chi connectivity index (χ0n) is 19.3. The molecular weight excluding hydrogens is 520 g/mol. The van der Waals surface area contributed by atoms with E-state index < -0.39 is 6.03 Å². The average Bonchev–Trinajstić information content (AvgIpc) is 2.93. The predicted molar refractivity (Wildman–Crippen MR) is 161 cm³/mol. The van der Waals surface area contributed by atoms with E-state index in [2.05, 4.69) is 95.0 Å². The number of nitrogens with zero attached hydrogens (tertiary/aromatic N) is 1. The first-order chi connectivity index (χ1) is 18.1. The number of rotatable bonds is 1. The number of hydrogen-bond donors (Lipinski definition) is 1. The highest BCUT2D eigenvalue weighted by Gasteiger charge is 2.27. The molecule has 0 bridgehead atoms. The molecule has 0 atom stereocenters. The highest BCUT2D eigenvalue weighted by Crippen LogP contribution is 2.55. The fourth-order valence-electron chi connectivity index (χ4n) is 7.52. The summed E-state index contributed by atoms with van der Waals surface area (Å²) >= 11 is 3.47. The number of nitrogens with two attached hydrogens (primary N) is 1. The van der Waals surface area contributed by atoms with Crippen LogP contribution in [-0.2, 0) is 0 Å². The lowest BCUT2D eigenvalue weighted by Gasteiger charge is -2.26. The zero-order valence-corrected chi connectivity index (χ0v) is 20.9. The second-order valence-corrected chi connectivity index (χ2v) is 11.2. The average molecular weight is 535 g/mol. The van der Waals surface area contributed by atoms with Crippen LogP contribution in [0, 0.1) is 0 Å². The summed E-state index contributed by atoms with van der Waals surface area (Å²) < 4.78 is 1.40. The molecular formula is C33H15BrN2O. The van der Waals surface area contributed by atoms with Gasteiger partial charge in [-0.15, -0.1) is 0 Å². The molecule has 0 aromatic heterocycles. The van der Waals surface area contributed by atoms with Crippen LogP contribution in [0.2, 0.25) is 0 Å². The van der Waals surface area contributed by atoms with Crippen molar-refractivity contribution in [2.75, 3.05) is 3.93 Å². The largest absolute Gasteiger partial charge is 0.350 e. The fourth-order valence-corrected chi connectivity index (χ4v) is 7.82. The van der Waals surface area contributed by atoms with Gasteiger partial charge >= 0.3 is 6.03 Å². The molecule has 0 spiro atoms. The molecule has 10 aromatic rings. The summed E-state index contributed by atoms with van der Waals surface area (Å²) in [7, 11) is 0. The Hall–Kier alpha value is -4.41. The minimum absolute atomic E-state index is 0.539. The van der Waals surface area contributed by atoms with E-state index in [1.807, 2.05) is 0 Å². The van der Waals surface area contributed by atoms with E-state index in [1.165, 1.54) is 90.1 Å². The topological polar surface area (TPSA) is 46.3 Å². The van der Waals surface area contributed by atoms with E-state index in [0.717, 1.165) is 16.5 Å². The number of benzene rings is 10. The number of halogens is 1. The van der Waals surface area contributed by atoms with Gasteiger partial charge in [-0.25, -0.2) is 8.72 Å². The predicted octanol–water partition coefficient (Wildman–Crippen LogP) is 9.45. The van der Waals surface area contributed by atoms with Gasteiger partial charge in [0.15, 0.2) is 0 Å². The number of carbonyl (C=O) groups excluding carboxylic acids is 1. The Labute approximate surface area is 217 Å². The van der Waals surface area contributed by atoms with Gasteiger partial charge in [-0.1, -0.05) is 60.7 Å². The fraction of sp³-hybridized carbons (Fsp3) is 0. The number of anilines is 1. The van der Waals surface area contributed by atoms with Crippen molar-refractivity contribution in [3.8, 4) is 0 Å². The Morgan fingerprint density at radius 2 is 0.838 bits per heavy atom. The highest BCUT2D eigenvalue weighted by molar-refractivity contribution is 9.10. The highest BCUT2D eigenvalue weighted by atomic mass is 79.9. The van der Waals surface area contributed by atoms with Crippen molar-refractivity contribution in [2.45, 2.75) is 0 Å². The van der Waals surface area contributed by atoms with E-state index >= 15 is 0 Å². The molecule has 4 heteroatoms. The molecule has 2 N–H and O–H groups in total. The summed E-state index contributed by atoms with van der Waals surface area (Å²) in [6.45, 7) is 0. The van der Waals surface area contributed by atoms with E-state index in [4.69, 9.17) is 5.73 Å². The van der Waals surface area contributed by atoms with E-state index in [1.54, 1.807) is 0 Å². The van der Waals surface area contributed by atoms with E-state index in [0.29, 0.717) is 0 Å². The molecule has 0 fully saturated rings. The Bertz CT molecular complexity index is 2540. The lowest BCUT2D eigenvalue weighted by molar-refractivity contribution is 0.257. The van der Waals surface area contributed by atoms with Gasteiger partial charge in [-0.3, -0.25) is 0 Å². The normalized spacial score (nSPS) is 13.2. The van der Waals surface area contributed by atoms with E-state index in [-0.39, 0.29) is 0 Å². The molecule has 0 aliphatic rings. The summed E-state index contributed by atoms with van der Waals surface area (Å²) in [5, 5.41) is 22.7. The molecule has 0 heterocycles. The molecule has 10 aromatic carbocycles. The van der Waals surface area contributed by atoms with Crippen LogP contribution >= 0.6 is 16.1 Å². The minimum atomic E-state index is -0.539. The minimum Gasteiger partial charge on any atom is -0.350 e. The lowest BCUT2D eigenvalue weighted by atomic mass is 9.77. The van der Waals surface area contributed by atoms with Crippen LogP contribution in [0.15, 0.2) is 78.9 Å². The van der Waals surface area contributed by atoms with Gasteiger partial charge in [-0.05, 0) is 104 Å². The monoisotopic (exact) mass is 534 g/mol. The molecule has 2 amide bonds. The number of carbonyl (C=O) groups is 1. The van der Waals surface area contributed by atoms with Gasteiger partial charge < -0.3 is 5.73 Å². The summed E-state index contributed by atoms with van der Waals surface area (Å²) in [5.41, 5.74) is 6.55. The maximum absolute atomic E-state index is 12.4. The third-order valence-corrected chi connectivity index (χ3v) is 9.57. The summed E-state index contributed by atoms with van der Waals surface area (Å²) in [5.74, 6) is 0. The van der Waals surface area contributed by atoms with Crippen LogP contribution < -0.4 is 9.66 Å². The maximum atomic E-state index is 12.4. The van der Waals surface area contributed by atoms with Gasteiger partial charge in [0.05, 0.1) is 21.8 Å². The smallest absolute Gasteiger partial charge is 0.329 e. The SMILES string of the molecule is NC(=O)N(Br)c1cc2ccc3ccc4cc5ccc6ccc7ccc8cc1c1c2c3c4c2c5c6c7c8c12. The number of hydrogen-bond acceptors (Lipinski definition) is 1. The third-order valence-electron chi connectivity index (χ3n) is 8.84. The van der Waals surface area contributed by atoms with Crippen molar-refractivity contribution in [2.24, 2.45) is 5.73 Å². The van der Waals surface area contributed by atoms with Gasteiger partial charge in [-0.2, -0.15) is 0 Å². The Balaban J connectivity index is 1.71. The van der Waals surface area contributed by atoms with Crippen LogP contribution in [0.25, 0.3) is 97.0 Å². The van der Waals surface area contributed by atoms with Crippen molar-refractivity contribution in [3.63, 3.8) is 0 Å². The maximum Gasteiger partial charge on any atom is 0.329 e. The van der Waals surface area contributed by atoms with Crippen LogP contribution in [0.3, 0.4) is 0 Å². The van der Waals surface area contributed by atoms with Crippen molar-refractivity contribution >= 4 is 125 Å². The van der Waals surface area contributed by atoms with E-state index in [9.17, 15) is 4.79 Å². The molecule has 0 unspecified atom stereocenters. The zero-order chi connectivity index (χ0) is 24.3. The molecule has 0 saturated carbocycles.